The zero-order valence-electron chi connectivity index (χ0n) is 11.4. The summed E-state index contributed by atoms with van der Waals surface area (Å²) in [6.07, 6.45) is 8.55. The van der Waals surface area contributed by atoms with Crippen LogP contribution >= 0.6 is 0 Å². The molecule has 1 aromatic carbocycles. The van der Waals surface area contributed by atoms with Gasteiger partial charge in [0, 0.05) is 13.1 Å². The molecule has 0 aromatic heterocycles. The number of aryl methyl sites for hydroxylation is 1. The van der Waals surface area contributed by atoms with Crippen LogP contribution in [-0.2, 0) is 0 Å². The second kappa shape index (κ2) is 4.49. The van der Waals surface area contributed by atoms with Gasteiger partial charge in [0.05, 0.1) is 11.4 Å². The Labute approximate surface area is 110 Å². The first-order valence-corrected chi connectivity index (χ1v) is 7.30. The van der Waals surface area contributed by atoms with Gasteiger partial charge in [0.25, 0.3) is 0 Å². The predicted octanol–water partition coefficient (Wildman–Crippen LogP) is 3.74. The van der Waals surface area contributed by atoms with E-state index in [1.165, 1.54) is 62.9 Å². The van der Waals surface area contributed by atoms with Gasteiger partial charge in [-0.25, -0.2) is 0 Å². The average Bonchev–Trinajstić information content (AvgIpc) is 2.80. The quantitative estimate of drug-likeness (QED) is 0.763. The minimum absolute atomic E-state index is 0.690. The van der Waals surface area contributed by atoms with Crippen LogP contribution in [-0.4, -0.2) is 13.1 Å². The van der Waals surface area contributed by atoms with Crippen molar-refractivity contribution < 1.29 is 0 Å². The van der Waals surface area contributed by atoms with Crippen LogP contribution in [0.15, 0.2) is 18.2 Å². The monoisotopic (exact) mass is 244 g/mol. The largest absolute Gasteiger partial charge is 0.397 e. The molecule has 1 heterocycles. The van der Waals surface area contributed by atoms with Crippen molar-refractivity contribution in [3.05, 3.63) is 23.8 Å². The van der Waals surface area contributed by atoms with Gasteiger partial charge < -0.3 is 10.6 Å². The Balaban J connectivity index is 1.72. The topological polar surface area (TPSA) is 29.3 Å². The molecular weight excluding hydrogens is 220 g/mol. The fourth-order valence-corrected chi connectivity index (χ4v) is 3.81. The number of benzene rings is 1. The fourth-order valence-electron chi connectivity index (χ4n) is 3.81. The van der Waals surface area contributed by atoms with E-state index in [0.717, 1.165) is 5.69 Å². The molecule has 0 atom stereocenters. The summed E-state index contributed by atoms with van der Waals surface area (Å²) in [5, 5.41) is 0. The number of nitrogens with zero attached hydrogens (tertiary/aromatic N) is 1. The van der Waals surface area contributed by atoms with Gasteiger partial charge in [-0.05, 0) is 55.7 Å². The molecule has 18 heavy (non-hydrogen) atoms. The second-order valence-corrected chi connectivity index (χ2v) is 6.26. The molecule has 2 nitrogen and oxygen atoms in total. The zero-order chi connectivity index (χ0) is 12.6. The van der Waals surface area contributed by atoms with Crippen molar-refractivity contribution in [1.82, 2.24) is 0 Å². The summed E-state index contributed by atoms with van der Waals surface area (Å²) < 4.78 is 0. The second-order valence-electron chi connectivity index (χ2n) is 6.26. The van der Waals surface area contributed by atoms with Crippen LogP contribution in [0.3, 0.4) is 0 Å². The summed E-state index contributed by atoms with van der Waals surface area (Å²) in [7, 11) is 0. The lowest BCUT2D eigenvalue weighted by atomic mass is 9.77. The molecule has 2 aliphatic rings. The maximum atomic E-state index is 6.16. The normalized spacial score (nSPS) is 22.6. The number of hydrogen-bond acceptors (Lipinski definition) is 2. The highest BCUT2D eigenvalue weighted by molar-refractivity contribution is 5.68. The van der Waals surface area contributed by atoms with Crippen molar-refractivity contribution in [3.8, 4) is 0 Å². The Kier molecular flexibility index (Phi) is 2.96. The number of nitrogens with two attached hydrogens (primary N) is 1. The summed E-state index contributed by atoms with van der Waals surface area (Å²) in [6, 6.07) is 6.46. The molecule has 0 unspecified atom stereocenters. The van der Waals surface area contributed by atoms with Gasteiger partial charge in [0.1, 0.15) is 0 Å². The Bertz CT molecular complexity index is 423. The zero-order valence-corrected chi connectivity index (χ0v) is 11.4. The highest BCUT2D eigenvalue weighted by Crippen LogP contribution is 2.47. The summed E-state index contributed by atoms with van der Waals surface area (Å²) in [5.74, 6) is 0. The average molecular weight is 244 g/mol. The standard InChI is InChI=1S/C16H24N2/c1-13-4-5-15(14(17)12-13)18-10-8-16(9-11-18)6-2-3-7-16/h4-5,12H,2-3,6-11,17H2,1H3. The summed E-state index contributed by atoms with van der Waals surface area (Å²) >= 11 is 0. The maximum Gasteiger partial charge on any atom is 0.0600 e. The third-order valence-corrected chi connectivity index (χ3v) is 5.01. The van der Waals surface area contributed by atoms with Crippen LogP contribution in [0.25, 0.3) is 0 Å². The molecule has 0 bridgehead atoms. The van der Waals surface area contributed by atoms with Crippen LogP contribution in [0.2, 0.25) is 0 Å². The molecule has 98 valence electrons. The summed E-state index contributed by atoms with van der Waals surface area (Å²) in [5.41, 5.74) is 10.3. The van der Waals surface area contributed by atoms with E-state index in [2.05, 4.69) is 30.0 Å². The lowest BCUT2D eigenvalue weighted by molar-refractivity contribution is 0.226. The van der Waals surface area contributed by atoms with E-state index in [-0.39, 0.29) is 0 Å². The van der Waals surface area contributed by atoms with Crippen molar-refractivity contribution in [1.29, 1.82) is 0 Å². The molecular formula is C16H24N2. The van der Waals surface area contributed by atoms with Gasteiger partial charge >= 0.3 is 0 Å². The van der Waals surface area contributed by atoms with Crippen LogP contribution < -0.4 is 10.6 Å². The van der Waals surface area contributed by atoms with E-state index < -0.39 is 0 Å². The third kappa shape index (κ3) is 2.09. The lowest BCUT2D eigenvalue weighted by Gasteiger charge is -2.40. The van der Waals surface area contributed by atoms with Gasteiger partial charge in [-0.15, -0.1) is 0 Å². The smallest absolute Gasteiger partial charge is 0.0600 e. The first-order chi connectivity index (χ1) is 8.69. The fraction of sp³-hybridized carbons (Fsp3) is 0.625. The highest BCUT2D eigenvalue weighted by atomic mass is 15.1. The molecule has 1 spiro atoms. The van der Waals surface area contributed by atoms with E-state index in [9.17, 15) is 0 Å². The SMILES string of the molecule is Cc1ccc(N2CCC3(CCCC3)CC2)c(N)c1. The molecule has 2 N–H and O–H groups in total. The van der Waals surface area contributed by atoms with Crippen molar-refractivity contribution in [2.24, 2.45) is 5.41 Å². The van der Waals surface area contributed by atoms with Gasteiger partial charge in [-0.2, -0.15) is 0 Å². The Hall–Kier alpha value is -1.18. The maximum absolute atomic E-state index is 6.16. The van der Waals surface area contributed by atoms with E-state index in [4.69, 9.17) is 5.73 Å². The molecule has 0 amide bonds. The molecule has 2 heteroatoms. The third-order valence-electron chi connectivity index (χ3n) is 5.01. The number of rotatable bonds is 1. The molecule has 1 aromatic rings. The van der Waals surface area contributed by atoms with Crippen molar-refractivity contribution >= 4 is 11.4 Å². The van der Waals surface area contributed by atoms with E-state index in [1.54, 1.807) is 0 Å². The molecule has 1 aliphatic carbocycles. The van der Waals surface area contributed by atoms with Crippen LogP contribution in [0.4, 0.5) is 11.4 Å². The molecule has 2 fully saturated rings. The van der Waals surface area contributed by atoms with Crippen molar-refractivity contribution in [3.63, 3.8) is 0 Å². The number of piperidine rings is 1. The molecule has 1 saturated carbocycles. The number of hydrogen-bond donors (Lipinski definition) is 1. The highest BCUT2D eigenvalue weighted by Gasteiger charge is 2.37. The molecule has 3 rings (SSSR count). The first-order valence-electron chi connectivity index (χ1n) is 7.30. The lowest BCUT2D eigenvalue weighted by Crippen LogP contribution is -2.39. The van der Waals surface area contributed by atoms with Crippen LogP contribution in [0.1, 0.15) is 44.1 Å². The van der Waals surface area contributed by atoms with Crippen molar-refractivity contribution in [2.75, 3.05) is 23.7 Å². The van der Waals surface area contributed by atoms with Crippen molar-refractivity contribution in [2.45, 2.75) is 45.4 Å². The minimum atomic E-state index is 0.690. The van der Waals surface area contributed by atoms with E-state index in [0.29, 0.717) is 5.41 Å². The summed E-state index contributed by atoms with van der Waals surface area (Å²) in [6.45, 7) is 4.48. The predicted molar refractivity (Wildman–Crippen MR) is 77.9 cm³/mol. The van der Waals surface area contributed by atoms with E-state index in [1.807, 2.05) is 0 Å². The first kappa shape index (κ1) is 11.9. The molecule has 1 aliphatic heterocycles. The van der Waals surface area contributed by atoms with Gasteiger partial charge in [0.15, 0.2) is 0 Å². The number of anilines is 2. The van der Waals surface area contributed by atoms with Gasteiger partial charge in [-0.3, -0.25) is 0 Å². The Morgan fingerprint density at radius 3 is 2.33 bits per heavy atom. The Morgan fingerprint density at radius 1 is 1.06 bits per heavy atom. The molecule has 1 saturated heterocycles. The van der Waals surface area contributed by atoms with Crippen LogP contribution in [0.5, 0.6) is 0 Å². The summed E-state index contributed by atoms with van der Waals surface area (Å²) in [4.78, 5) is 2.48. The van der Waals surface area contributed by atoms with Gasteiger partial charge in [-0.1, -0.05) is 18.9 Å². The van der Waals surface area contributed by atoms with Gasteiger partial charge in [0.2, 0.25) is 0 Å². The Morgan fingerprint density at radius 2 is 1.72 bits per heavy atom. The van der Waals surface area contributed by atoms with Crippen LogP contribution in [0, 0.1) is 12.3 Å². The number of nitrogen functional groups attached to an aromatic ring is 1. The van der Waals surface area contributed by atoms with E-state index >= 15 is 0 Å². The molecule has 0 radical (unpaired) electrons. The minimum Gasteiger partial charge on any atom is -0.397 e.